The minimum absolute atomic E-state index is 0.584. The van der Waals surface area contributed by atoms with Gasteiger partial charge in [-0.15, -0.1) is 0 Å². The lowest BCUT2D eigenvalue weighted by molar-refractivity contribution is 0.267. The standard InChI is InChI=1S/C16H27N3O2/c1-12-5-4-6-13(9-12)7-8-17-10-14-15(20-2)18-11-19-16(14)21-3/h11-13,17H,4-10H2,1-3H3. The number of nitrogens with zero attached hydrogens (tertiary/aromatic N) is 2. The number of rotatable bonds is 7. The summed E-state index contributed by atoms with van der Waals surface area (Å²) in [6, 6.07) is 0. The van der Waals surface area contributed by atoms with E-state index in [1.807, 2.05) is 0 Å². The zero-order valence-electron chi connectivity index (χ0n) is 13.4. The molecule has 0 aromatic carbocycles. The van der Waals surface area contributed by atoms with Crippen LogP contribution in [0.5, 0.6) is 11.8 Å². The van der Waals surface area contributed by atoms with E-state index in [2.05, 4.69) is 22.2 Å². The van der Waals surface area contributed by atoms with Crippen LogP contribution in [0.25, 0.3) is 0 Å². The van der Waals surface area contributed by atoms with Crippen LogP contribution in [-0.2, 0) is 6.54 Å². The summed E-state index contributed by atoms with van der Waals surface area (Å²) in [5, 5.41) is 3.47. The van der Waals surface area contributed by atoms with E-state index in [4.69, 9.17) is 9.47 Å². The summed E-state index contributed by atoms with van der Waals surface area (Å²) < 4.78 is 10.6. The third kappa shape index (κ3) is 4.56. The fourth-order valence-electron chi connectivity index (χ4n) is 3.23. The minimum Gasteiger partial charge on any atom is -0.481 e. The highest BCUT2D eigenvalue weighted by Gasteiger charge is 2.18. The van der Waals surface area contributed by atoms with Gasteiger partial charge in [-0.25, -0.2) is 9.97 Å². The third-order valence-electron chi connectivity index (χ3n) is 4.33. The topological polar surface area (TPSA) is 56.3 Å². The normalized spacial score (nSPS) is 22.0. The number of ether oxygens (including phenoxy) is 2. The molecule has 0 radical (unpaired) electrons. The summed E-state index contributed by atoms with van der Waals surface area (Å²) in [4.78, 5) is 8.26. The lowest BCUT2D eigenvalue weighted by Crippen LogP contribution is -2.21. The van der Waals surface area contributed by atoms with E-state index in [1.165, 1.54) is 38.4 Å². The second-order valence-corrected chi connectivity index (χ2v) is 5.97. The molecule has 1 heterocycles. The molecular formula is C16H27N3O2. The van der Waals surface area contributed by atoms with Gasteiger partial charge >= 0.3 is 0 Å². The van der Waals surface area contributed by atoms with Gasteiger partial charge < -0.3 is 14.8 Å². The van der Waals surface area contributed by atoms with Gasteiger partial charge in [0.2, 0.25) is 11.8 Å². The van der Waals surface area contributed by atoms with Crippen LogP contribution >= 0.6 is 0 Å². The average molecular weight is 293 g/mol. The second kappa shape index (κ2) is 8.17. The molecule has 1 aliphatic rings. The Hall–Kier alpha value is -1.36. The first-order valence-corrected chi connectivity index (χ1v) is 7.87. The third-order valence-corrected chi connectivity index (χ3v) is 4.33. The monoisotopic (exact) mass is 293 g/mol. The molecule has 1 aromatic rings. The van der Waals surface area contributed by atoms with Crippen LogP contribution in [-0.4, -0.2) is 30.7 Å². The minimum atomic E-state index is 0.584. The first-order valence-electron chi connectivity index (χ1n) is 7.87. The van der Waals surface area contributed by atoms with Crippen molar-refractivity contribution in [2.24, 2.45) is 11.8 Å². The summed E-state index contributed by atoms with van der Waals surface area (Å²) in [5.74, 6) is 2.94. The average Bonchev–Trinajstić information content (AvgIpc) is 2.51. The van der Waals surface area contributed by atoms with Gasteiger partial charge in [0.15, 0.2) is 0 Å². The van der Waals surface area contributed by atoms with Crippen molar-refractivity contribution in [1.82, 2.24) is 15.3 Å². The van der Waals surface area contributed by atoms with Gasteiger partial charge in [-0.3, -0.25) is 0 Å². The second-order valence-electron chi connectivity index (χ2n) is 5.97. The van der Waals surface area contributed by atoms with Crippen molar-refractivity contribution in [2.75, 3.05) is 20.8 Å². The lowest BCUT2D eigenvalue weighted by atomic mass is 9.81. The number of hydrogen-bond donors (Lipinski definition) is 1. The molecule has 0 spiro atoms. The van der Waals surface area contributed by atoms with Crippen LogP contribution in [0.2, 0.25) is 0 Å². The summed E-state index contributed by atoms with van der Waals surface area (Å²) in [6.45, 7) is 4.06. The van der Waals surface area contributed by atoms with E-state index < -0.39 is 0 Å². The molecule has 0 aliphatic heterocycles. The van der Waals surface area contributed by atoms with E-state index in [9.17, 15) is 0 Å². The van der Waals surface area contributed by atoms with Crippen molar-refractivity contribution in [3.05, 3.63) is 11.9 Å². The van der Waals surface area contributed by atoms with E-state index in [1.54, 1.807) is 14.2 Å². The Labute approximate surface area is 127 Å². The Balaban J connectivity index is 1.80. The maximum absolute atomic E-state index is 5.28. The zero-order chi connectivity index (χ0) is 15.1. The van der Waals surface area contributed by atoms with Crippen LogP contribution in [0.3, 0.4) is 0 Å². The number of hydrogen-bond acceptors (Lipinski definition) is 5. The molecule has 2 unspecified atom stereocenters. The van der Waals surface area contributed by atoms with Crippen molar-refractivity contribution in [2.45, 2.75) is 45.6 Å². The largest absolute Gasteiger partial charge is 0.481 e. The number of aromatic nitrogens is 2. The van der Waals surface area contributed by atoms with Crippen LogP contribution in [0.4, 0.5) is 0 Å². The van der Waals surface area contributed by atoms with Gasteiger partial charge in [0, 0.05) is 6.54 Å². The van der Waals surface area contributed by atoms with Gasteiger partial charge in [0.25, 0.3) is 0 Å². The number of methoxy groups -OCH3 is 2. The summed E-state index contributed by atoms with van der Waals surface area (Å²) in [6.07, 6.45) is 8.25. The summed E-state index contributed by atoms with van der Waals surface area (Å²) >= 11 is 0. The molecule has 1 N–H and O–H groups in total. The predicted molar refractivity (Wildman–Crippen MR) is 82.6 cm³/mol. The van der Waals surface area contributed by atoms with Crippen LogP contribution < -0.4 is 14.8 Å². The van der Waals surface area contributed by atoms with Gasteiger partial charge in [-0.05, 0) is 31.2 Å². The summed E-state index contributed by atoms with van der Waals surface area (Å²) in [7, 11) is 3.24. The van der Waals surface area contributed by atoms with Crippen molar-refractivity contribution in [3.8, 4) is 11.8 Å². The molecular weight excluding hydrogens is 266 g/mol. The maximum atomic E-state index is 5.28. The first-order chi connectivity index (χ1) is 10.2. The van der Waals surface area contributed by atoms with E-state index in [0.717, 1.165) is 23.9 Å². The summed E-state index contributed by atoms with van der Waals surface area (Å²) in [5.41, 5.74) is 0.888. The van der Waals surface area contributed by atoms with Crippen LogP contribution in [0.15, 0.2) is 6.33 Å². The molecule has 5 nitrogen and oxygen atoms in total. The molecule has 118 valence electrons. The molecule has 2 rings (SSSR count). The molecule has 21 heavy (non-hydrogen) atoms. The highest BCUT2D eigenvalue weighted by Crippen LogP contribution is 2.30. The Morgan fingerprint density at radius 3 is 2.52 bits per heavy atom. The van der Waals surface area contributed by atoms with Gasteiger partial charge in [0.05, 0.1) is 19.8 Å². The van der Waals surface area contributed by atoms with Crippen molar-refractivity contribution in [1.29, 1.82) is 0 Å². The molecule has 0 bridgehead atoms. The zero-order valence-corrected chi connectivity index (χ0v) is 13.4. The van der Waals surface area contributed by atoms with Gasteiger partial charge in [0.1, 0.15) is 6.33 Å². The smallest absolute Gasteiger partial charge is 0.224 e. The first kappa shape index (κ1) is 16.0. The Morgan fingerprint density at radius 1 is 1.19 bits per heavy atom. The van der Waals surface area contributed by atoms with E-state index in [0.29, 0.717) is 18.3 Å². The fraction of sp³-hybridized carbons (Fsp3) is 0.750. The van der Waals surface area contributed by atoms with Gasteiger partial charge in [-0.2, -0.15) is 0 Å². The Morgan fingerprint density at radius 2 is 1.90 bits per heavy atom. The quantitative estimate of drug-likeness (QED) is 0.783. The van der Waals surface area contributed by atoms with Crippen LogP contribution in [0, 0.1) is 11.8 Å². The highest BCUT2D eigenvalue weighted by atomic mass is 16.5. The SMILES string of the molecule is COc1ncnc(OC)c1CNCCC1CCCC(C)C1. The van der Waals surface area contributed by atoms with Gasteiger partial charge in [-0.1, -0.05) is 26.2 Å². The molecule has 0 amide bonds. The highest BCUT2D eigenvalue weighted by molar-refractivity contribution is 5.34. The Bertz CT molecular complexity index is 417. The molecule has 1 saturated carbocycles. The van der Waals surface area contributed by atoms with Crippen molar-refractivity contribution >= 4 is 0 Å². The fourth-order valence-corrected chi connectivity index (χ4v) is 3.23. The molecule has 1 fully saturated rings. The van der Waals surface area contributed by atoms with Crippen molar-refractivity contribution in [3.63, 3.8) is 0 Å². The van der Waals surface area contributed by atoms with E-state index >= 15 is 0 Å². The lowest BCUT2D eigenvalue weighted by Gasteiger charge is -2.26. The van der Waals surface area contributed by atoms with Crippen LogP contribution in [0.1, 0.15) is 44.6 Å². The molecule has 0 saturated heterocycles. The molecule has 1 aliphatic carbocycles. The number of nitrogens with one attached hydrogen (secondary N) is 1. The predicted octanol–water partition coefficient (Wildman–Crippen LogP) is 2.80. The molecule has 1 aromatic heterocycles. The molecule has 5 heteroatoms. The Kier molecular flexibility index (Phi) is 6.23. The molecule has 2 atom stereocenters. The van der Waals surface area contributed by atoms with Crippen molar-refractivity contribution < 1.29 is 9.47 Å². The van der Waals surface area contributed by atoms with E-state index in [-0.39, 0.29) is 0 Å². The maximum Gasteiger partial charge on any atom is 0.224 e.